The van der Waals surface area contributed by atoms with Gasteiger partial charge in [-0.15, -0.1) is 0 Å². The number of benzene rings is 6. The van der Waals surface area contributed by atoms with Gasteiger partial charge in [-0.2, -0.15) is 0 Å². The molecule has 44 heavy (non-hydrogen) atoms. The van der Waals surface area contributed by atoms with E-state index in [1.54, 1.807) is 0 Å². The van der Waals surface area contributed by atoms with Gasteiger partial charge in [0.15, 0.2) is 0 Å². The van der Waals surface area contributed by atoms with E-state index in [0.717, 1.165) is 22.7 Å². The summed E-state index contributed by atoms with van der Waals surface area (Å²) < 4.78 is 21.9. The molecular formula is C40H28As2O2. The van der Waals surface area contributed by atoms with Crippen LogP contribution in [0.2, 0.25) is 0 Å². The van der Waals surface area contributed by atoms with Gasteiger partial charge in [0.2, 0.25) is 0 Å². The number of hydrogen-bond donors (Lipinski definition) is 0. The summed E-state index contributed by atoms with van der Waals surface area (Å²) in [5, 5.41) is 2.33. The van der Waals surface area contributed by atoms with Gasteiger partial charge in [-0.25, -0.2) is 0 Å². The number of fused-ring (bicyclic) bond motifs is 2. The number of furan rings is 2. The summed E-state index contributed by atoms with van der Waals surface area (Å²) in [5.41, 5.74) is 1.79. The van der Waals surface area contributed by atoms with Gasteiger partial charge in [0.25, 0.3) is 0 Å². The van der Waals surface area contributed by atoms with Crippen molar-refractivity contribution in [3.8, 4) is 11.5 Å². The third kappa shape index (κ3) is 4.85. The van der Waals surface area contributed by atoms with E-state index in [9.17, 15) is 0 Å². The van der Waals surface area contributed by atoms with E-state index < -0.39 is 29.3 Å². The summed E-state index contributed by atoms with van der Waals surface area (Å²) in [6, 6.07) is 60.9. The van der Waals surface area contributed by atoms with Crippen molar-refractivity contribution >= 4 is 77.3 Å². The molecule has 8 aromatic rings. The Balaban J connectivity index is 1.48. The van der Waals surface area contributed by atoms with E-state index in [0.29, 0.717) is 0 Å². The van der Waals surface area contributed by atoms with E-state index in [1.165, 1.54) is 36.9 Å². The zero-order chi connectivity index (χ0) is 29.3. The molecule has 2 nitrogen and oxygen atoms in total. The summed E-state index contributed by atoms with van der Waals surface area (Å²) >= 11 is -4.20. The van der Waals surface area contributed by atoms with E-state index in [2.05, 4.69) is 170 Å². The molecule has 2 aromatic heterocycles. The van der Waals surface area contributed by atoms with Crippen molar-refractivity contribution in [3.05, 3.63) is 170 Å². The SMILES string of the molecule is c1ccc([As](c2ccccc2)c2c(-c3oc4ccccc4c3[As](c3ccccc3)c3ccccc3)oc3ccccc23)cc1. The summed E-state index contributed by atoms with van der Waals surface area (Å²) in [6.45, 7) is 0. The van der Waals surface area contributed by atoms with Crippen molar-refractivity contribution in [1.82, 2.24) is 0 Å². The van der Waals surface area contributed by atoms with Gasteiger partial charge in [0, 0.05) is 0 Å². The van der Waals surface area contributed by atoms with Gasteiger partial charge in [0.1, 0.15) is 0 Å². The first-order valence-electron chi connectivity index (χ1n) is 14.7. The first-order valence-corrected chi connectivity index (χ1v) is 20.3. The maximum absolute atomic E-state index is 6.97. The average Bonchev–Trinajstić information content (AvgIpc) is 3.66. The molecule has 0 fully saturated rings. The van der Waals surface area contributed by atoms with Gasteiger partial charge in [0.05, 0.1) is 0 Å². The maximum atomic E-state index is 6.97. The predicted octanol–water partition coefficient (Wildman–Crippen LogP) is 5.88. The minimum atomic E-state index is -2.10. The second-order valence-corrected chi connectivity index (χ2v) is 19.6. The molecule has 0 N–H and O–H groups in total. The Kier molecular flexibility index (Phi) is 7.32. The molecule has 0 aliphatic rings. The summed E-state index contributed by atoms with van der Waals surface area (Å²) in [6.07, 6.45) is 0. The van der Waals surface area contributed by atoms with Crippen molar-refractivity contribution < 1.29 is 8.83 Å². The van der Waals surface area contributed by atoms with Crippen LogP contribution in [-0.2, 0) is 0 Å². The molecule has 210 valence electrons. The van der Waals surface area contributed by atoms with Crippen LogP contribution in [0.3, 0.4) is 0 Å². The Morgan fingerprint density at radius 2 is 0.568 bits per heavy atom. The first-order chi connectivity index (χ1) is 21.9. The van der Waals surface area contributed by atoms with Gasteiger partial charge >= 0.3 is 268 Å². The molecule has 0 saturated heterocycles. The van der Waals surface area contributed by atoms with Gasteiger partial charge in [-0.05, 0) is 0 Å². The zero-order valence-electron chi connectivity index (χ0n) is 23.9. The molecule has 0 radical (unpaired) electrons. The fraction of sp³-hybridized carbons (Fsp3) is 0. The van der Waals surface area contributed by atoms with Crippen LogP contribution in [0.25, 0.3) is 33.5 Å². The molecule has 0 unspecified atom stereocenters. The molecule has 2 heterocycles. The van der Waals surface area contributed by atoms with Crippen LogP contribution in [0, 0.1) is 0 Å². The molecule has 0 bridgehead atoms. The third-order valence-corrected chi connectivity index (χ3v) is 18.4. The molecule has 0 aliphatic carbocycles. The molecular weight excluding hydrogens is 662 g/mol. The Morgan fingerprint density at radius 3 is 0.886 bits per heavy atom. The van der Waals surface area contributed by atoms with Crippen LogP contribution in [0.1, 0.15) is 0 Å². The van der Waals surface area contributed by atoms with E-state index in [1.807, 2.05) is 0 Å². The van der Waals surface area contributed by atoms with Crippen LogP contribution in [0.5, 0.6) is 0 Å². The second-order valence-electron chi connectivity index (χ2n) is 10.6. The average molecular weight is 691 g/mol. The topological polar surface area (TPSA) is 26.3 Å². The van der Waals surface area contributed by atoms with Crippen LogP contribution < -0.4 is 26.1 Å². The monoisotopic (exact) mass is 690 g/mol. The number of rotatable bonds is 7. The van der Waals surface area contributed by atoms with E-state index in [-0.39, 0.29) is 0 Å². The molecule has 0 saturated carbocycles. The van der Waals surface area contributed by atoms with E-state index in [4.69, 9.17) is 8.83 Å². The normalized spacial score (nSPS) is 11.6. The van der Waals surface area contributed by atoms with Gasteiger partial charge < -0.3 is 0 Å². The van der Waals surface area contributed by atoms with Crippen molar-refractivity contribution in [2.24, 2.45) is 0 Å². The third-order valence-electron chi connectivity index (χ3n) is 7.85. The van der Waals surface area contributed by atoms with Crippen LogP contribution >= 0.6 is 0 Å². The number of para-hydroxylation sites is 2. The molecule has 0 aliphatic heterocycles. The van der Waals surface area contributed by atoms with Gasteiger partial charge in [-0.3, -0.25) is 0 Å². The minimum absolute atomic E-state index is 0.872. The van der Waals surface area contributed by atoms with Crippen molar-refractivity contribution in [1.29, 1.82) is 0 Å². The van der Waals surface area contributed by atoms with E-state index >= 15 is 0 Å². The first kappa shape index (κ1) is 27.1. The molecule has 0 atom stereocenters. The van der Waals surface area contributed by atoms with Crippen LogP contribution in [0.4, 0.5) is 0 Å². The predicted molar refractivity (Wildman–Crippen MR) is 187 cm³/mol. The summed E-state index contributed by atoms with van der Waals surface area (Å²) in [4.78, 5) is 0. The Morgan fingerprint density at radius 1 is 0.295 bits per heavy atom. The van der Waals surface area contributed by atoms with Gasteiger partial charge in [-0.1, -0.05) is 0 Å². The molecule has 0 amide bonds. The van der Waals surface area contributed by atoms with Crippen LogP contribution in [-0.4, -0.2) is 29.3 Å². The van der Waals surface area contributed by atoms with Crippen LogP contribution in [0.15, 0.2) is 179 Å². The number of hydrogen-bond acceptors (Lipinski definition) is 2. The molecule has 6 aromatic carbocycles. The Labute approximate surface area is 266 Å². The molecule has 4 heteroatoms. The fourth-order valence-electron chi connectivity index (χ4n) is 5.94. The van der Waals surface area contributed by atoms with Crippen molar-refractivity contribution in [3.63, 3.8) is 0 Å². The summed E-state index contributed by atoms with van der Waals surface area (Å²) in [7, 11) is 0. The molecule has 8 rings (SSSR count). The molecule has 0 spiro atoms. The van der Waals surface area contributed by atoms with Crippen molar-refractivity contribution in [2.75, 3.05) is 0 Å². The fourth-order valence-corrected chi connectivity index (χ4v) is 16.6. The second kappa shape index (κ2) is 11.9. The standard InChI is InChI=1S/C40H28As2O2/c1-5-17-29(18-6-1)41(30-19-7-2-8-20-30)37-33-25-13-15-27-35(33)43-39(37)40-38(34-26-14-16-28-36(34)44-40)42(31-21-9-3-10-22-31)32-23-11-4-12-24-32/h1-28H. The zero-order valence-corrected chi connectivity index (χ0v) is 27.6. The Bertz CT molecular complexity index is 1930. The quantitative estimate of drug-likeness (QED) is 0.196. The Hall–Kier alpha value is -4.48. The van der Waals surface area contributed by atoms with Crippen molar-refractivity contribution in [2.45, 2.75) is 0 Å². The summed E-state index contributed by atoms with van der Waals surface area (Å²) in [5.74, 6) is 1.74.